The van der Waals surface area contributed by atoms with Crippen molar-refractivity contribution in [3.8, 4) is 0 Å². The van der Waals surface area contributed by atoms with Crippen LogP contribution in [0.15, 0.2) is 60.7 Å². The van der Waals surface area contributed by atoms with Gasteiger partial charge in [-0.15, -0.1) is 0 Å². The highest BCUT2D eigenvalue weighted by Crippen LogP contribution is 2.30. The molecule has 3 rings (SSSR count). The Morgan fingerprint density at radius 2 is 1.30 bits per heavy atom. The van der Waals surface area contributed by atoms with Gasteiger partial charge in [0.05, 0.1) is 11.4 Å². The first-order valence-electron chi connectivity index (χ1n) is 13.5. The fraction of sp³-hybridized carbons (Fsp3) is 0.483. The Morgan fingerprint density at radius 3 is 1.76 bits per heavy atom. The summed E-state index contributed by atoms with van der Waals surface area (Å²) in [6.07, 6.45) is 5.64. The number of carbonyl (C=O) groups excluding carboxylic acids is 3. The highest BCUT2D eigenvalue weighted by molar-refractivity contribution is 6.14. The van der Waals surface area contributed by atoms with E-state index in [0.29, 0.717) is 31.0 Å². The molecule has 200 valence electrons. The molecule has 0 aliphatic carbocycles. The van der Waals surface area contributed by atoms with Crippen molar-refractivity contribution in [2.24, 2.45) is 0 Å². The molecule has 1 aliphatic rings. The van der Waals surface area contributed by atoms with Gasteiger partial charge in [0.15, 0.2) is 0 Å². The van der Waals surface area contributed by atoms with Crippen molar-refractivity contribution in [2.45, 2.75) is 57.9 Å². The molecule has 0 atom stereocenters. The summed E-state index contributed by atoms with van der Waals surface area (Å²) in [6.45, 7) is 5.87. The van der Waals surface area contributed by atoms with Gasteiger partial charge in [-0.2, -0.15) is 0 Å². The lowest BCUT2D eigenvalue weighted by Crippen LogP contribution is -2.76. The predicted molar refractivity (Wildman–Crippen MR) is 148 cm³/mol. The Hall–Kier alpha value is -3.39. The molecule has 8 heteroatoms. The van der Waals surface area contributed by atoms with E-state index in [4.69, 9.17) is 0 Å². The molecule has 0 saturated carbocycles. The van der Waals surface area contributed by atoms with Gasteiger partial charge in [0.25, 0.3) is 11.8 Å². The van der Waals surface area contributed by atoms with Crippen molar-refractivity contribution < 1.29 is 14.4 Å². The van der Waals surface area contributed by atoms with E-state index >= 15 is 0 Å². The van der Waals surface area contributed by atoms with E-state index in [1.54, 1.807) is 4.90 Å². The number of hydrogen-bond acceptors (Lipinski definition) is 4. The number of nitrogens with one attached hydrogen (secondary N) is 3. The van der Waals surface area contributed by atoms with E-state index in [1.165, 1.54) is 4.90 Å². The third kappa shape index (κ3) is 6.89. The molecule has 1 heterocycles. The Labute approximate surface area is 220 Å². The molecule has 1 aliphatic heterocycles. The van der Waals surface area contributed by atoms with Gasteiger partial charge < -0.3 is 16.0 Å². The molecule has 0 spiro atoms. The summed E-state index contributed by atoms with van der Waals surface area (Å²) in [7, 11) is 0. The Kier molecular flexibility index (Phi) is 11.0. The van der Waals surface area contributed by atoms with Crippen LogP contribution in [0.4, 0.5) is 16.2 Å². The van der Waals surface area contributed by atoms with Crippen molar-refractivity contribution in [1.29, 1.82) is 0 Å². The van der Waals surface area contributed by atoms with Gasteiger partial charge in [-0.3, -0.25) is 19.4 Å². The molecule has 2 aromatic rings. The highest BCUT2D eigenvalue weighted by Gasteiger charge is 2.55. The van der Waals surface area contributed by atoms with Crippen LogP contribution in [-0.4, -0.2) is 61.0 Å². The largest absolute Gasteiger partial charge is 0.354 e. The fourth-order valence-electron chi connectivity index (χ4n) is 4.61. The third-order valence-electron chi connectivity index (χ3n) is 6.69. The minimum atomic E-state index is -1.70. The molecule has 0 bridgehead atoms. The van der Waals surface area contributed by atoms with Crippen molar-refractivity contribution >= 4 is 29.2 Å². The number of para-hydroxylation sites is 2. The fourth-order valence-corrected chi connectivity index (χ4v) is 4.61. The van der Waals surface area contributed by atoms with E-state index < -0.39 is 23.4 Å². The smallest absolute Gasteiger partial charge is 0.330 e. The lowest BCUT2D eigenvalue weighted by atomic mass is 9.91. The normalized spacial score (nSPS) is 14.6. The first kappa shape index (κ1) is 28.2. The Morgan fingerprint density at radius 1 is 0.811 bits per heavy atom. The van der Waals surface area contributed by atoms with Crippen LogP contribution in [0.5, 0.6) is 0 Å². The van der Waals surface area contributed by atoms with Crippen molar-refractivity contribution in [1.82, 2.24) is 20.9 Å². The maximum Gasteiger partial charge on any atom is 0.330 e. The maximum atomic E-state index is 14.3. The Bertz CT molecular complexity index is 936. The third-order valence-corrected chi connectivity index (χ3v) is 6.69. The molecule has 2 aromatic carbocycles. The standard InChI is InChI=1S/C29H41N5O3/c1-3-5-13-19-31-26(35)29(27(36)32-20-14-6-4-2)23-30-21-22-33(29)28(37)34(24-15-9-7-10-16-24)25-17-11-8-12-18-25/h7-12,15-18,30H,3-6,13-14,19-23H2,1-2H3,(H,31,35)(H,32,36). The van der Waals surface area contributed by atoms with E-state index in [2.05, 4.69) is 29.8 Å². The zero-order valence-electron chi connectivity index (χ0n) is 22.2. The monoisotopic (exact) mass is 507 g/mol. The van der Waals surface area contributed by atoms with E-state index in [9.17, 15) is 14.4 Å². The molecule has 1 saturated heterocycles. The minimum absolute atomic E-state index is 0.0510. The number of amides is 4. The summed E-state index contributed by atoms with van der Waals surface area (Å²) in [5, 5.41) is 9.13. The average molecular weight is 508 g/mol. The number of nitrogens with zero attached hydrogens (tertiary/aromatic N) is 2. The van der Waals surface area contributed by atoms with Gasteiger partial charge in [0, 0.05) is 32.7 Å². The summed E-state index contributed by atoms with van der Waals surface area (Å²) >= 11 is 0. The quantitative estimate of drug-likeness (QED) is 0.296. The van der Waals surface area contributed by atoms with Crippen LogP contribution >= 0.6 is 0 Å². The van der Waals surface area contributed by atoms with Crippen LogP contribution in [0.2, 0.25) is 0 Å². The topological polar surface area (TPSA) is 93.8 Å². The molecular formula is C29H41N5O3. The minimum Gasteiger partial charge on any atom is -0.354 e. The second-order valence-electron chi connectivity index (χ2n) is 9.40. The van der Waals surface area contributed by atoms with Crippen LogP contribution in [0.1, 0.15) is 52.4 Å². The van der Waals surface area contributed by atoms with Gasteiger partial charge in [-0.05, 0) is 37.1 Å². The SMILES string of the molecule is CCCCCNC(=O)C1(C(=O)NCCCCC)CNCCN1C(=O)N(c1ccccc1)c1ccccc1. The number of benzene rings is 2. The van der Waals surface area contributed by atoms with Gasteiger partial charge in [0.1, 0.15) is 0 Å². The van der Waals surface area contributed by atoms with Gasteiger partial charge >= 0.3 is 6.03 Å². The summed E-state index contributed by atoms with van der Waals surface area (Å²) < 4.78 is 0. The lowest BCUT2D eigenvalue weighted by Gasteiger charge is -2.46. The summed E-state index contributed by atoms with van der Waals surface area (Å²) in [5.74, 6) is -0.892. The summed E-state index contributed by atoms with van der Waals surface area (Å²) in [6, 6.07) is 18.2. The summed E-state index contributed by atoms with van der Waals surface area (Å²) in [4.78, 5) is 45.0. The molecule has 1 fully saturated rings. The molecule has 0 radical (unpaired) electrons. The molecule has 8 nitrogen and oxygen atoms in total. The van der Waals surface area contributed by atoms with Gasteiger partial charge in [-0.1, -0.05) is 75.9 Å². The van der Waals surface area contributed by atoms with Crippen molar-refractivity contribution in [2.75, 3.05) is 37.6 Å². The van der Waals surface area contributed by atoms with Gasteiger partial charge in [-0.25, -0.2) is 4.79 Å². The number of anilines is 2. The van der Waals surface area contributed by atoms with Crippen LogP contribution in [-0.2, 0) is 9.59 Å². The number of unbranched alkanes of at least 4 members (excludes halogenated alkanes) is 4. The molecule has 0 unspecified atom stereocenters. The molecular weight excluding hydrogens is 466 g/mol. The van der Waals surface area contributed by atoms with E-state index in [1.807, 2.05) is 60.7 Å². The van der Waals surface area contributed by atoms with Crippen LogP contribution in [0, 0.1) is 0 Å². The number of carbonyl (C=O) groups is 3. The van der Waals surface area contributed by atoms with Crippen molar-refractivity contribution in [3.05, 3.63) is 60.7 Å². The van der Waals surface area contributed by atoms with E-state index in [-0.39, 0.29) is 13.1 Å². The number of hydrogen-bond donors (Lipinski definition) is 3. The number of rotatable bonds is 12. The van der Waals surface area contributed by atoms with Crippen LogP contribution in [0.3, 0.4) is 0 Å². The van der Waals surface area contributed by atoms with Gasteiger partial charge in [0.2, 0.25) is 5.54 Å². The zero-order valence-corrected chi connectivity index (χ0v) is 22.2. The molecule has 3 N–H and O–H groups in total. The number of urea groups is 1. The first-order chi connectivity index (χ1) is 18.1. The van der Waals surface area contributed by atoms with Crippen LogP contribution in [0.25, 0.3) is 0 Å². The summed E-state index contributed by atoms with van der Waals surface area (Å²) in [5.41, 5.74) is -0.370. The van der Waals surface area contributed by atoms with Crippen LogP contribution < -0.4 is 20.9 Å². The first-order valence-corrected chi connectivity index (χ1v) is 13.5. The predicted octanol–water partition coefficient (Wildman–Crippen LogP) is 4.20. The maximum absolute atomic E-state index is 14.3. The zero-order chi connectivity index (χ0) is 26.5. The lowest BCUT2D eigenvalue weighted by molar-refractivity contribution is -0.145. The highest BCUT2D eigenvalue weighted by atomic mass is 16.2. The molecule has 37 heavy (non-hydrogen) atoms. The molecule has 0 aromatic heterocycles. The molecule has 4 amide bonds. The van der Waals surface area contributed by atoms with E-state index in [0.717, 1.165) is 38.5 Å². The van der Waals surface area contributed by atoms with Crippen molar-refractivity contribution in [3.63, 3.8) is 0 Å². The second kappa shape index (κ2) is 14.4. The Balaban J connectivity index is 2.00. The average Bonchev–Trinajstić information content (AvgIpc) is 2.94. The second-order valence-corrected chi connectivity index (χ2v) is 9.40. The number of piperazine rings is 1.